The van der Waals surface area contributed by atoms with Gasteiger partial charge in [0.2, 0.25) is 10.0 Å². The predicted molar refractivity (Wildman–Crippen MR) is 111 cm³/mol. The fourth-order valence-electron chi connectivity index (χ4n) is 3.36. The number of amides is 1. The van der Waals surface area contributed by atoms with E-state index in [-0.39, 0.29) is 10.8 Å². The summed E-state index contributed by atoms with van der Waals surface area (Å²) in [4.78, 5) is 16.9. The number of rotatable bonds is 7. The Bertz CT molecular complexity index is 761. The quantitative estimate of drug-likeness (QED) is 0.628. The maximum Gasteiger partial charge on any atom is 0.253 e. The SMILES string of the molecule is CN(CCN(C)C1CCCCC1)C(=O)c1ccc(Br)c(S(=O)(=O)N(C)C)c1. The third-order valence-corrected chi connectivity index (χ3v) is 8.08. The van der Waals surface area contributed by atoms with Crippen LogP contribution in [0, 0.1) is 0 Å². The van der Waals surface area contributed by atoms with Crippen LogP contribution in [0.1, 0.15) is 42.5 Å². The van der Waals surface area contributed by atoms with Gasteiger partial charge in [-0.1, -0.05) is 19.3 Å². The number of carbonyl (C=O) groups excluding carboxylic acids is 1. The van der Waals surface area contributed by atoms with Gasteiger partial charge in [-0.15, -0.1) is 0 Å². The number of sulfonamides is 1. The third-order valence-electron chi connectivity index (χ3n) is 5.27. The van der Waals surface area contributed by atoms with Crippen LogP contribution in [-0.4, -0.2) is 75.8 Å². The van der Waals surface area contributed by atoms with E-state index in [9.17, 15) is 13.2 Å². The Kier molecular flexibility index (Phi) is 7.85. The zero-order chi connectivity index (χ0) is 20.2. The molecule has 0 radical (unpaired) electrons. The second kappa shape index (κ2) is 9.49. The monoisotopic (exact) mass is 459 g/mol. The Balaban J connectivity index is 2.06. The molecule has 0 heterocycles. The van der Waals surface area contributed by atoms with E-state index in [0.29, 0.717) is 22.6 Å². The van der Waals surface area contributed by atoms with Crippen molar-refractivity contribution in [2.24, 2.45) is 0 Å². The van der Waals surface area contributed by atoms with E-state index in [4.69, 9.17) is 0 Å². The first-order valence-electron chi connectivity index (χ1n) is 9.32. The summed E-state index contributed by atoms with van der Waals surface area (Å²) >= 11 is 3.28. The van der Waals surface area contributed by atoms with E-state index < -0.39 is 10.0 Å². The lowest BCUT2D eigenvalue weighted by atomic mass is 9.94. The van der Waals surface area contributed by atoms with Gasteiger partial charge in [-0.2, -0.15) is 0 Å². The normalized spacial score (nSPS) is 16.1. The minimum Gasteiger partial charge on any atom is -0.340 e. The molecule has 0 aromatic heterocycles. The molecule has 1 aliphatic rings. The summed E-state index contributed by atoms with van der Waals surface area (Å²) in [5.41, 5.74) is 0.376. The molecule has 8 heteroatoms. The Morgan fingerprint density at radius 2 is 1.70 bits per heavy atom. The zero-order valence-corrected chi connectivity index (χ0v) is 19.0. The Morgan fingerprint density at radius 1 is 1.07 bits per heavy atom. The van der Waals surface area contributed by atoms with E-state index in [2.05, 4.69) is 27.9 Å². The lowest BCUT2D eigenvalue weighted by molar-refractivity contribution is 0.0767. The summed E-state index contributed by atoms with van der Waals surface area (Å²) in [6.07, 6.45) is 6.35. The molecule has 1 aromatic carbocycles. The van der Waals surface area contributed by atoms with Gasteiger partial charge in [-0.25, -0.2) is 12.7 Å². The maximum absolute atomic E-state index is 12.8. The highest BCUT2D eigenvalue weighted by Gasteiger charge is 2.24. The molecule has 2 rings (SSSR count). The maximum atomic E-state index is 12.8. The highest BCUT2D eigenvalue weighted by atomic mass is 79.9. The minimum absolute atomic E-state index is 0.103. The summed E-state index contributed by atoms with van der Waals surface area (Å²) in [5.74, 6) is -0.172. The summed E-state index contributed by atoms with van der Waals surface area (Å²) in [5, 5.41) is 0. The van der Waals surface area contributed by atoms with Crippen molar-refractivity contribution in [1.82, 2.24) is 14.1 Å². The molecule has 0 saturated heterocycles. The van der Waals surface area contributed by atoms with Crippen molar-refractivity contribution in [3.63, 3.8) is 0 Å². The second-order valence-corrected chi connectivity index (χ2v) is 10.4. The molecular formula is C19H30BrN3O3S. The lowest BCUT2D eigenvalue weighted by Crippen LogP contribution is -2.40. The summed E-state index contributed by atoms with van der Waals surface area (Å²) in [6, 6.07) is 5.32. The first kappa shape index (κ1) is 22.3. The molecule has 1 aliphatic carbocycles. The van der Waals surface area contributed by atoms with Gasteiger partial charge in [-0.05, 0) is 54.0 Å². The first-order chi connectivity index (χ1) is 12.6. The molecule has 1 amide bonds. The standard InChI is InChI=1S/C19H30BrN3O3S/c1-21(2)27(25,26)18-14-15(10-11-17(18)20)19(24)23(4)13-12-22(3)16-8-6-5-7-9-16/h10-11,14,16H,5-9,12-13H2,1-4H3. The van der Waals surface area contributed by atoms with Crippen molar-refractivity contribution < 1.29 is 13.2 Å². The van der Waals surface area contributed by atoms with Gasteiger partial charge in [0.25, 0.3) is 5.91 Å². The van der Waals surface area contributed by atoms with Gasteiger partial charge in [0, 0.05) is 50.3 Å². The highest BCUT2D eigenvalue weighted by Crippen LogP contribution is 2.26. The Labute approximate surface area is 171 Å². The van der Waals surface area contributed by atoms with Crippen LogP contribution in [0.3, 0.4) is 0 Å². The molecule has 27 heavy (non-hydrogen) atoms. The molecule has 0 aliphatic heterocycles. The molecule has 1 fully saturated rings. The van der Waals surface area contributed by atoms with Gasteiger partial charge in [0.15, 0.2) is 0 Å². The number of hydrogen-bond acceptors (Lipinski definition) is 4. The predicted octanol–water partition coefficient (Wildman–Crippen LogP) is 3.04. The van der Waals surface area contributed by atoms with Crippen molar-refractivity contribution >= 4 is 31.9 Å². The number of hydrogen-bond donors (Lipinski definition) is 0. The van der Waals surface area contributed by atoms with Crippen molar-refractivity contribution in [3.8, 4) is 0 Å². The van der Waals surface area contributed by atoms with E-state index >= 15 is 0 Å². The molecule has 1 aromatic rings. The van der Waals surface area contributed by atoms with Gasteiger partial charge in [-0.3, -0.25) is 4.79 Å². The van der Waals surface area contributed by atoms with Gasteiger partial charge >= 0.3 is 0 Å². The highest BCUT2D eigenvalue weighted by molar-refractivity contribution is 9.10. The Morgan fingerprint density at radius 3 is 2.30 bits per heavy atom. The first-order valence-corrected chi connectivity index (χ1v) is 11.6. The number of halogens is 1. The fraction of sp³-hybridized carbons (Fsp3) is 0.632. The number of likely N-dealkylation sites (N-methyl/N-ethyl adjacent to an activating group) is 2. The largest absolute Gasteiger partial charge is 0.340 e. The van der Waals surface area contributed by atoms with E-state index in [1.165, 1.54) is 52.3 Å². The molecule has 0 bridgehead atoms. The van der Waals surface area contributed by atoms with Gasteiger partial charge in [0.05, 0.1) is 4.90 Å². The van der Waals surface area contributed by atoms with Crippen molar-refractivity contribution in [2.75, 3.05) is 41.3 Å². The van der Waals surface area contributed by atoms with Gasteiger partial charge in [0.1, 0.15) is 0 Å². The van der Waals surface area contributed by atoms with E-state index in [0.717, 1.165) is 10.8 Å². The van der Waals surface area contributed by atoms with Crippen LogP contribution in [0.25, 0.3) is 0 Å². The molecule has 0 spiro atoms. The lowest BCUT2D eigenvalue weighted by Gasteiger charge is -2.32. The molecule has 6 nitrogen and oxygen atoms in total. The van der Waals surface area contributed by atoms with Crippen LogP contribution in [-0.2, 0) is 10.0 Å². The van der Waals surface area contributed by atoms with Crippen molar-refractivity contribution in [1.29, 1.82) is 0 Å². The van der Waals surface area contributed by atoms with Crippen LogP contribution in [0.4, 0.5) is 0 Å². The van der Waals surface area contributed by atoms with Crippen LogP contribution < -0.4 is 0 Å². The summed E-state index contributed by atoms with van der Waals surface area (Å²) in [6.45, 7) is 1.42. The second-order valence-electron chi connectivity index (χ2n) is 7.43. The number of nitrogens with zero attached hydrogens (tertiary/aromatic N) is 3. The average Bonchev–Trinajstić information content (AvgIpc) is 2.66. The van der Waals surface area contributed by atoms with Crippen LogP contribution >= 0.6 is 15.9 Å². The van der Waals surface area contributed by atoms with Crippen LogP contribution in [0.15, 0.2) is 27.6 Å². The Hall–Kier alpha value is -0.960. The van der Waals surface area contributed by atoms with Crippen molar-refractivity contribution in [2.45, 2.75) is 43.0 Å². The molecule has 0 unspecified atom stereocenters. The summed E-state index contributed by atoms with van der Waals surface area (Å²) in [7, 11) is 3.21. The fourth-order valence-corrected chi connectivity index (χ4v) is 5.21. The molecule has 0 N–H and O–H groups in total. The number of carbonyl (C=O) groups is 1. The van der Waals surface area contributed by atoms with Crippen molar-refractivity contribution in [3.05, 3.63) is 28.2 Å². The smallest absolute Gasteiger partial charge is 0.253 e. The molecule has 0 atom stereocenters. The minimum atomic E-state index is -3.62. The van der Waals surface area contributed by atoms with Gasteiger partial charge < -0.3 is 9.80 Å². The van der Waals surface area contributed by atoms with E-state index in [1.807, 2.05) is 0 Å². The topological polar surface area (TPSA) is 60.9 Å². The number of benzene rings is 1. The average molecular weight is 460 g/mol. The molecule has 1 saturated carbocycles. The van der Waals surface area contributed by atoms with Crippen LogP contribution in [0.2, 0.25) is 0 Å². The summed E-state index contributed by atoms with van der Waals surface area (Å²) < 4.78 is 26.5. The van der Waals surface area contributed by atoms with Crippen LogP contribution in [0.5, 0.6) is 0 Å². The molecule has 152 valence electrons. The zero-order valence-electron chi connectivity index (χ0n) is 16.6. The third kappa shape index (κ3) is 5.53. The molecular weight excluding hydrogens is 430 g/mol. The van der Waals surface area contributed by atoms with E-state index in [1.54, 1.807) is 24.1 Å².